The Morgan fingerprint density at radius 2 is 1.36 bits per heavy atom. The third-order valence-corrected chi connectivity index (χ3v) is 8.27. The van der Waals surface area contributed by atoms with Crippen LogP contribution in [-0.2, 0) is 0 Å². The Bertz CT molecular complexity index is 1120. The number of benzene rings is 3. The van der Waals surface area contributed by atoms with Crippen LogP contribution in [0, 0.1) is 0 Å². The molecule has 0 unspecified atom stereocenters. The summed E-state index contributed by atoms with van der Waals surface area (Å²) in [5.41, 5.74) is 4.17. The van der Waals surface area contributed by atoms with Gasteiger partial charge in [0.2, 0.25) is 0 Å². The third-order valence-electron chi connectivity index (χ3n) is 6.29. The van der Waals surface area contributed by atoms with E-state index >= 15 is 0 Å². The molecule has 0 saturated carbocycles. The van der Waals surface area contributed by atoms with E-state index in [1.807, 2.05) is 23.9 Å². The van der Waals surface area contributed by atoms with E-state index in [9.17, 15) is 0 Å². The number of hydrogen-bond acceptors (Lipinski definition) is 4. The van der Waals surface area contributed by atoms with E-state index in [2.05, 4.69) is 87.6 Å². The Morgan fingerprint density at radius 1 is 0.758 bits per heavy atom. The molecule has 0 aromatic heterocycles. The van der Waals surface area contributed by atoms with Gasteiger partial charge >= 0.3 is 0 Å². The maximum absolute atomic E-state index is 5.04. The zero-order valence-corrected chi connectivity index (χ0v) is 21.3. The first-order valence-corrected chi connectivity index (χ1v) is 13.4. The Kier molecular flexibility index (Phi) is 8.07. The van der Waals surface area contributed by atoms with Gasteiger partial charge in [0.1, 0.15) is 0 Å². The highest BCUT2D eigenvalue weighted by Crippen LogP contribution is 2.34. The van der Waals surface area contributed by atoms with Crippen LogP contribution in [0.15, 0.2) is 98.6 Å². The van der Waals surface area contributed by atoms with Crippen LogP contribution in [-0.4, -0.2) is 47.7 Å². The Balaban J connectivity index is 1.53. The van der Waals surface area contributed by atoms with E-state index in [1.54, 1.807) is 11.8 Å². The van der Waals surface area contributed by atoms with Crippen molar-refractivity contribution < 1.29 is 4.48 Å². The van der Waals surface area contributed by atoms with Crippen molar-refractivity contribution in [3.63, 3.8) is 0 Å². The fraction of sp³-hybridized carbons (Fsp3) is 0.286. The van der Waals surface area contributed by atoms with Crippen molar-refractivity contribution >= 4 is 45.7 Å². The highest BCUT2D eigenvalue weighted by Gasteiger charge is 2.19. The number of thioether (sulfide) groups is 1. The van der Waals surface area contributed by atoms with Crippen molar-refractivity contribution in [2.75, 3.05) is 32.4 Å². The molecule has 3 aromatic carbocycles. The van der Waals surface area contributed by atoms with Gasteiger partial charge in [0.25, 0.3) is 0 Å². The highest BCUT2D eigenvalue weighted by atomic mass is 32.2. The number of aliphatic imine (C=N–C) groups is 2. The molecule has 1 heterocycles. The molecule has 0 saturated heterocycles. The molecule has 5 heteroatoms. The summed E-state index contributed by atoms with van der Waals surface area (Å²) in [5, 5.41) is 1.15. The molecule has 0 spiro atoms. The van der Waals surface area contributed by atoms with Crippen LogP contribution in [0.5, 0.6) is 0 Å². The zero-order valence-electron chi connectivity index (χ0n) is 19.7. The molecule has 0 bridgehead atoms. The van der Waals surface area contributed by atoms with Gasteiger partial charge in [0, 0.05) is 22.0 Å². The highest BCUT2D eigenvalue weighted by molar-refractivity contribution is 8.14. The van der Waals surface area contributed by atoms with E-state index in [4.69, 9.17) is 9.98 Å². The minimum Gasteiger partial charge on any atom is -0.326 e. The van der Waals surface area contributed by atoms with Crippen molar-refractivity contribution in [2.24, 2.45) is 9.98 Å². The van der Waals surface area contributed by atoms with Crippen LogP contribution in [0.1, 0.15) is 25.8 Å². The Labute approximate surface area is 206 Å². The van der Waals surface area contributed by atoms with Crippen LogP contribution in [0.3, 0.4) is 0 Å². The second-order valence-corrected chi connectivity index (χ2v) is 10.8. The molecule has 3 aromatic rings. The first kappa shape index (κ1) is 23.8. The van der Waals surface area contributed by atoms with Crippen LogP contribution < -0.4 is 0 Å². The summed E-state index contributed by atoms with van der Waals surface area (Å²) >= 11 is 3.67. The number of quaternary nitrogens is 1. The lowest BCUT2D eigenvalue weighted by atomic mass is 10.1. The fourth-order valence-corrected chi connectivity index (χ4v) is 5.68. The lowest BCUT2D eigenvalue weighted by Gasteiger charge is -2.31. The summed E-state index contributed by atoms with van der Waals surface area (Å²) < 4.78 is 1.10. The van der Waals surface area contributed by atoms with E-state index in [-0.39, 0.29) is 0 Å². The monoisotopic (exact) mass is 474 g/mol. The summed E-state index contributed by atoms with van der Waals surface area (Å²) in [6.45, 7) is 8.02. The van der Waals surface area contributed by atoms with Gasteiger partial charge in [-0.3, -0.25) is 4.99 Å². The van der Waals surface area contributed by atoms with Crippen LogP contribution in [0.25, 0.3) is 0 Å². The summed E-state index contributed by atoms with van der Waals surface area (Å²) in [4.78, 5) is 12.5. The topological polar surface area (TPSA) is 24.7 Å². The molecular formula is C28H32N3S2+. The Morgan fingerprint density at radius 3 is 2.03 bits per heavy atom. The molecule has 1 aliphatic heterocycles. The average molecular weight is 475 g/mol. The average Bonchev–Trinajstić information content (AvgIpc) is 3.04. The quantitative estimate of drug-likeness (QED) is 0.314. The van der Waals surface area contributed by atoms with Crippen molar-refractivity contribution in [2.45, 2.75) is 30.1 Å². The third kappa shape index (κ3) is 6.38. The summed E-state index contributed by atoms with van der Waals surface area (Å²) in [6.07, 6.45) is 0.770. The summed E-state index contributed by atoms with van der Waals surface area (Å²) in [5.74, 6) is 1.07. The molecule has 0 aliphatic carbocycles. The van der Waals surface area contributed by atoms with Gasteiger partial charge in [-0.15, -0.1) is 11.8 Å². The van der Waals surface area contributed by atoms with E-state index < -0.39 is 0 Å². The number of fused-ring (bicyclic) bond motifs is 1. The standard InChI is InChI=1S/C28H32N3S2/c1-4-31(3,5-2)19-20-32-28-21-27(29-25-13-9-10-14-26(25)30-28)22-15-17-24(18-16-22)33-23-11-7-6-8-12-23/h6-18H,4-5,19-21H2,1-3H3/q+1. The Hall–Kier alpha value is -2.34. The van der Waals surface area contributed by atoms with Crippen molar-refractivity contribution in [1.82, 2.24) is 0 Å². The first-order valence-electron chi connectivity index (χ1n) is 11.6. The largest absolute Gasteiger partial charge is 0.326 e. The molecule has 4 rings (SSSR count). The molecule has 0 N–H and O–H groups in total. The molecule has 3 nitrogen and oxygen atoms in total. The van der Waals surface area contributed by atoms with E-state index in [1.165, 1.54) is 15.4 Å². The van der Waals surface area contributed by atoms with Crippen LogP contribution in [0.4, 0.5) is 11.4 Å². The van der Waals surface area contributed by atoms with Crippen molar-refractivity contribution in [3.8, 4) is 0 Å². The second-order valence-electron chi connectivity index (χ2n) is 8.49. The van der Waals surface area contributed by atoms with Gasteiger partial charge < -0.3 is 4.48 Å². The minimum absolute atomic E-state index is 0.770. The van der Waals surface area contributed by atoms with Crippen LogP contribution in [0.2, 0.25) is 0 Å². The van der Waals surface area contributed by atoms with Crippen molar-refractivity contribution in [3.05, 3.63) is 84.4 Å². The second kappa shape index (κ2) is 11.2. The first-order chi connectivity index (χ1) is 16.1. The van der Waals surface area contributed by atoms with Gasteiger partial charge in [0.05, 0.1) is 48.8 Å². The number of rotatable bonds is 8. The molecule has 0 fully saturated rings. The minimum atomic E-state index is 0.770. The fourth-order valence-electron chi connectivity index (χ4n) is 3.67. The van der Waals surface area contributed by atoms with E-state index in [0.717, 1.165) is 58.4 Å². The number of nitrogens with zero attached hydrogens (tertiary/aromatic N) is 3. The number of hydrogen-bond donors (Lipinski definition) is 0. The normalized spacial score (nSPS) is 13.7. The summed E-state index contributed by atoms with van der Waals surface area (Å²) in [7, 11) is 2.34. The van der Waals surface area contributed by atoms with Crippen LogP contribution >= 0.6 is 23.5 Å². The van der Waals surface area contributed by atoms with Gasteiger partial charge in [0.15, 0.2) is 0 Å². The van der Waals surface area contributed by atoms with Gasteiger partial charge in [-0.25, -0.2) is 4.99 Å². The predicted octanol–water partition coefficient (Wildman–Crippen LogP) is 7.61. The molecule has 0 amide bonds. The molecule has 0 atom stereocenters. The van der Waals surface area contributed by atoms with Crippen molar-refractivity contribution in [1.29, 1.82) is 0 Å². The van der Waals surface area contributed by atoms with E-state index in [0.29, 0.717) is 0 Å². The van der Waals surface area contributed by atoms with Gasteiger partial charge in [-0.1, -0.05) is 54.2 Å². The molecule has 1 aliphatic rings. The number of para-hydroxylation sites is 2. The SMILES string of the molecule is CC[N+](C)(CC)CCSC1=Nc2ccccc2N=C(c2ccc(Sc3ccccc3)cc2)C1. The molecule has 170 valence electrons. The molecule has 0 radical (unpaired) electrons. The maximum Gasteiger partial charge on any atom is 0.0896 e. The zero-order chi connectivity index (χ0) is 23.1. The molecular weight excluding hydrogens is 442 g/mol. The summed E-state index contributed by atoms with van der Waals surface area (Å²) in [6, 6.07) is 27.5. The lowest BCUT2D eigenvalue weighted by Crippen LogP contribution is -2.45. The van der Waals surface area contributed by atoms with Gasteiger partial charge in [-0.2, -0.15) is 0 Å². The smallest absolute Gasteiger partial charge is 0.0896 e. The van der Waals surface area contributed by atoms with Gasteiger partial charge in [-0.05, 0) is 55.8 Å². The molecule has 33 heavy (non-hydrogen) atoms. The lowest BCUT2D eigenvalue weighted by molar-refractivity contribution is -0.903. The predicted molar refractivity (Wildman–Crippen MR) is 146 cm³/mol. The maximum atomic E-state index is 5.04.